The highest BCUT2D eigenvalue weighted by Gasteiger charge is 2.53. The zero-order valence-electron chi connectivity index (χ0n) is 16.8. The number of carbonyl (C=O) groups is 1. The first-order chi connectivity index (χ1) is 13.9. The molecule has 0 radical (unpaired) electrons. The summed E-state index contributed by atoms with van der Waals surface area (Å²) < 4.78 is 17.9. The lowest BCUT2D eigenvalue weighted by Crippen LogP contribution is -2.47. The highest BCUT2D eigenvalue weighted by Crippen LogP contribution is 2.44. The molecule has 5 heteroatoms. The normalized spacial score (nSPS) is 21.1. The molecule has 150 valence electrons. The van der Waals surface area contributed by atoms with Gasteiger partial charge in [0.2, 0.25) is 0 Å². The quantitative estimate of drug-likeness (QED) is 0.661. The van der Waals surface area contributed by atoms with Crippen molar-refractivity contribution in [2.75, 3.05) is 0 Å². The Balaban J connectivity index is 1.82. The van der Waals surface area contributed by atoms with Gasteiger partial charge in [0.25, 0.3) is 0 Å². The van der Waals surface area contributed by atoms with Crippen molar-refractivity contribution in [2.45, 2.75) is 44.2 Å². The summed E-state index contributed by atoms with van der Waals surface area (Å²) in [7, 11) is 0. The van der Waals surface area contributed by atoms with Crippen LogP contribution in [0.4, 0.5) is 0 Å². The zero-order valence-corrected chi connectivity index (χ0v) is 16.8. The molecule has 5 nitrogen and oxygen atoms in total. The van der Waals surface area contributed by atoms with E-state index in [9.17, 15) is 4.79 Å². The third kappa shape index (κ3) is 3.84. The van der Waals surface area contributed by atoms with Gasteiger partial charge >= 0.3 is 5.97 Å². The van der Waals surface area contributed by atoms with Gasteiger partial charge in [-0.3, -0.25) is 10.1 Å². The molecule has 0 amide bonds. The van der Waals surface area contributed by atoms with Crippen LogP contribution in [0.25, 0.3) is 0 Å². The second kappa shape index (κ2) is 7.50. The maximum atomic E-state index is 13.1. The highest BCUT2D eigenvalue weighted by atomic mass is 16.6. The van der Waals surface area contributed by atoms with Crippen LogP contribution in [0.3, 0.4) is 0 Å². The van der Waals surface area contributed by atoms with Gasteiger partial charge in [-0.2, -0.15) is 0 Å². The van der Waals surface area contributed by atoms with E-state index in [1.54, 1.807) is 12.3 Å². The fraction of sp³-hybridized carbons (Fsp3) is 0.292. The van der Waals surface area contributed by atoms with E-state index in [0.717, 1.165) is 11.1 Å². The van der Waals surface area contributed by atoms with E-state index in [-0.39, 0.29) is 5.97 Å². The summed E-state index contributed by atoms with van der Waals surface area (Å²) in [6.45, 7) is 5.55. The molecule has 1 aromatic heterocycles. The van der Waals surface area contributed by atoms with Crippen LogP contribution in [-0.2, 0) is 20.0 Å². The molecule has 1 aliphatic rings. The molecule has 2 heterocycles. The summed E-state index contributed by atoms with van der Waals surface area (Å²) in [4.78, 5) is 13.1. The molecule has 1 aliphatic heterocycles. The van der Waals surface area contributed by atoms with Crippen molar-refractivity contribution in [1.29, 1.82) is 0 Å². The largest absolute Gasteiger partial charge is 0.467 e. The standard InChI is InChI=1S/C24H25NO4/c1-23(2,3)29-22(26)20-21(19-15-10-16-27-19)28-24(25-20,17-11-6-4-7-12-17)18-13-8-5-9-14-18/h4-16,20-21,25H,1-3H3/t20-,21+/m1/s1. The molecule has 1 N–H and O–H groups in total. The van der Waals surface area contributed by atoms with Gasteiger partial charge in [-0.15, -0.1) is 0 Å². The molecule has 29 heavy (non-hydrogen) atoms. The minimum atomic E-state index is -1.01. The number of ether oxygens (including phenoxy) is 2. The molecule has 0 unspecified atom stereocenters. The minimum absolute atomic E-state index is 0.382. The number of hydrogen-bond donors (Lipinski definition) is 1. The van der Waals surface area contributed by atoms with Crippen molar-refractivity contribution in [2.24, 2.45) is 0 Å². The molecule has 0 saturated carbocycles. The number of carbonyl (C=O) groups excluding carboxylic acids is 1. The fourth-order valence-electron chi connectivity index (χ4n) is 3.63. The third-order valence-electron chi connectivity index (χ3n) is 4.81. The van der Waals surface area contributed by atoms with Crippen molar-refractivity contribution in [3.05, 3.63) is 95.9 Å². The van der Waals surface area contributed by atoms with Crippen LogP contribution >= 0.6 is 0 Å². The summed E-state index contributed by atoms with van der Waals surface area (Å²) in [6.07, 6.45) is 0.941. The van der Waals surface area contributed by atoms with E-state index in [2.05, 4.69) is 5.32 Å². The zero-order chi connectivity index (χ0) is 20.5. The van der Waals surface area contributed by atoms with Crippen molar-refractivity contribution in [3.63, 3.8) is 0 Å². The van der Waals surface area contributed by atoms with E-state index in [0.29, 0.717) is 5.76 Å². The van der Waals surface area contributed by atoms with Crippen LogP contribution in [-0.4, -0.2) is 17.6 Å². The Hall–Kier alpha value is -2.89. The summed E-state index contributed by atoms with van der Waals surface area (Å²) in [5.41, 5.74) is 0.168. The molecule has 4 rings (SSSR count). The lowest BCUT2D eigenvalue weighted by molar-refractivity contribution is -0.158. The van der Waals surface area contributed by atoms with Crippen LogP contribution in [0.15, 0.2) is 83.5 Å². The van der Waals surface area contributed by atoms with Crippen LogP contribution < -0.4 is 5.32 Å². The van der Waals surface area contributed by atoms with E-state index in [1.165, 1.54) is 0 Å². The van der Waals surface area contributed by atoms with E-state index in [4.69, 9.17) is 13.9 Å². The fourth-order valence-corrected chi connectivity index (χ4v) is 3.63. The Labute approximate surface area is 170 Å². The van der Waals surface area contributed by atoms with Crippen molar-refractivity contribution < 1.29 is 18.7 Å². The van der Waals surface area contributed by atoms with Gasteiger partial charge in [-0.1, -0.05) is 60.7 Å². The molecular formula is C24H25NO4. The molecular weight excluding hydrogens is 366 g/mol. The summed E-state index contributed by atoms with van der Waals surface area (Å²) in [5.74, 6) is 0.190. The van der Waals surface area contributed by atoms with Crippen molar-refractivity contribution in [3.8, 4) is 0 Å². The molecule has 1 saturated heterocycles. The Morgan fingerprint density at radius 1 is 0.931 bits per heavy atom. The lowest BCUT2D eigenvalue weighted by Gasteiger charge is -2.30. The highest BCUT2D eigenvalue weighted by molar-refractivity contribution is 5.78. The number of hydrogen-bond acceptors (Lipinski definition) is 5. The van der Waals surface area contributed by atoms with Crippen molar-refractivity contribution in [1.82, 2.24) is 5.32 Å². The third-order valence-corrected chi connectivity index (χ3v) is 4.81. The second-order valence-corrected chi connectivity index (χ2v) is 8.12. The molecule has 3 aromatic rings. The van der Waals surface area contributed by atoms with Crippen LogP contribution in [0.1, 0.15) is 43.8 Å². The van der Waals surface area contributed by atoms with Gasteiger partial charge in [-0.25, -0.2) is 0 Å². The molecule has 0 spiro atoms. The van der Waals surface area contributed by atoms with Gasteiger partial charge in [0.05, 0.1) is 6.26 Å². The monoisotopic (exact) mass is 391 g/mol. The predicted octanol–water partition coefficient (Wildman–Crippen LogP) is 4.55. The molecule has 2 atom stereocenters. The second-order valence-electron chi connectivity index (χ2n) is 8.12. The summed E-state index contributed by atoms with van der Waals surface area (Å²) >= 11 is 0. The van der Waals surface area contributed by atoms with E-state index >= 15 is 0 Å². The first-order valence-electron chi connectivity index (χ1n) is 9.72. The summed E-state index contributed by atoms with van der Waals surface area (Å²) in [6, 6.07) is 22.5. The number of furan rings is 1. The van der Waals surface area contributed by atoms with E-state index < -0.39 is 23.5 Å². The lowest BCUT2D eigenvalue weighted by atomic mass is 9.94. The number of rotatable bonds is 4. The van der Waals surface area contributed by atoms with E-state index in [1.807, 2.05) is 87.5 Å². The Bertz CT molecular complexity index is 906. The average Bonchev–Trinajstić information content (AvgIpc) is 3.37. The van der Waals surface area contributed by atoms with Gasteiger partial charge in [0, 0.05) is 11.1 Å². The Kier molecular flexibility index (Phi) is 5.03. The van der Waals surface area contributed by atoms with Gasteiger partial charge in [-0.05, 0) is 32.9 Å². The summed E-state index contributed by atoms with van der Waals surface area (Å²) in [5, 5.41) is 3.44. The van der Waals surface area contributed by atoms with Gasteiger partial charge in [0.15, 0.2) is 5.72 Å². The minimum Gasteiger partial charge on any atom is -0.467 e. The van der Waals surface area contributed by atoms with Crippen molar-refractivity contribution >= 4 is 5.97 Å². The molecule has 2 aromatic carbocycles. The number of esters is 1. The number of benzene rings is 2. The topological polar surface area (TPSA) is 60.7 Å². The molecule has 1 fully saturated rings. The predicted molar refractivity (Wildman–Crippen MR) is 109 cm³/mol. The number of nitrogens with one attached hydrogen (secondary N) is 1. The molecule has 0 bridgehead atoms. The smallest absolute Gasteiger partial charge is 0.326 e. The SMILES string of the molecule is CC(C)(C)OC(=O)[C@@H]1NC(c2ccccc2)(c2ccccc2)O[C@H]1c1ccco1. The Morgan fingerprint density at radius 3 is 2.00 bits per heavy atom. The van der Waals surface area contributed by atoms with Crippen LogP contribution in [0.5, 0.6) is 0 Å². The average molecular weight is 391 g/mol. The van der Waals surface area contributed by atoms with Crippen LogP contribution in [0.2, 0.25) is 0 Å². The Morgan fingerprint density at radius 2 is 1.52 bits per heavy atom. The first-order valence-corrected chi connectivity index (χ1v) is 9.72. The van der Waals surface area contributed by atoms with Crippen LogP contribution in [0, 0.1) is 0 Å². The molecule has 0 aliphatic carbocycles. The maximum absolute atomic E-state index is 13.1. The van der Waals surface area contributed by atoms with Gasteiger partial charge in [0.1, 0.15) is 23.5 Å². The first kappa shape index (κ1) is 19.4. The maximum Gasteiger partial charge on any atom is 0.326 e. The van der Waals surface area contributed by atoms with Gasteiger partial charge < -0.3 is 13.9 Å².